The molecule has 2 saturated heterocycles. The van der Waals surface area contributed by atoms with Crippen LogP contribution in [-0.4, -0.2) is 46.9 Å². The number of piperidine rings is 1. The quantitative estimate of drug-likeness (QED) is 0.247. The second-order valence-corrected chi connectivity index (χ2v) is 10.9. The van der Waals surface area contributed by atoms with Crippen molar-refractivity contribution in [1.82, 2.24) is 9.47 Å². The van der Waals surface area contributed by atoms with Crippen molar-refractivity contribution < 1.29 is 32.3 Å². The summed E-state index contributed by atoms with van der Waals surface area (Å²) in [4.78, 5) is 32.9. The van der Waals surface area contributed by atoms with Crippen LogP contribution in [0.4, 0.5) is 23.7 Å². The molecule has 2 aliphatic heterocycles. The molecule has 2 aliphatic rings. The van der Waals surface area contributed by atoms with Crippen LogP contribution in [0.15, 0.2) is 66.9 Å². The molecule has 4 aromatic rings. The number of anilines is 1. The highest BCUT2D eigenvalue weighted by molar-refractivity contribution is 5.98. The number of carbonyl (C=O) groups excluding carboxylic acids is 3. The van der Waals surface area contributed by atoms with Gasteiger partial charge >= 0.3 is 12.2 Å². The fourth-order valence-electron chi connectivity index (χ4n) is 5.95. The molecule has 0 aliphatic carbocycles. The summed E-state index contributed by atoms with van der Waals surface area (Å²) in [6.07, 6.45) is 3.42. The van der Waals surface area contributed by atoms with Gasteiger partial charge in [-0.25, -0.2) is 18.0 Å². The molecule has 1 aromatic heterocycles. The maximum atomic E-state index is 14.9. The number of likely N-dealkylation sites (tertiary alicyclic amines) is 1. The molecule has 3 heterocycles. The number of rotatable bonds is 5. The zero-order valence-corrected chi connectivity index (χ0v) is 23.3. The van der Waals surface area contributed by atoms with E-state index in [9.17, 15) is 18.0 Å². The highest BCUT2D eigenvalue weighted by Gasteiger charge is 2.47. The summed E-state index contributed by atoms with van der Waals surface area (Å²) in [5, 5.41) is 0.832. The van der Waals surface area contributed by atoms with E-state index in [0.29, 0.717) is 31.5 Å². The molecule has 0 atom stereocenters. The lowest BCUT2D eigenvalue weighted by atomic mass is 9.90. The molecule has 3 aromatic carbocycles. The van der Waals surface area contributed by atoms with Crippen molar-refractivity contribution in [3.63, 3.8) is 0 Å². The molecule has 42 heavy (non-hydrogen) atoms. The third kappa shape index (κ3) is 5.43. The fourth-order valence-corrected chi connectivity index (χ4v) is 5.95. The molecule has 0 saturated carbocycles. The lowest BCUT2D eigenvalue weighted by Crippen LogP contribution is -2.46. The Hall–Kier alpha value is -4.40. The summed E-state index contributed by atoms with van der Waals surface area (Å²) >= 11 is 0. The van der Waals surface area contributed by atoms with Gasteiger partial charge in [0.1, 0.15) is 5.60 Å². The second-order valence-electron chi connectivity index (χ2n) is 10.9. The second kappa shape index (κ2) is 11.8. The molecule has 0 radical (unpaired) electrons. The maximum Gasteiger partial charge on any atom is 0.415 e. The van der Waals surface area contributed by atoms with Crippen LogP contribution >= 0.6 is 0 Å². The predicted octanol–water partition coefficient (Wildman–Crippen LogP) is 6.71. The fraction of sp³-hybridized carbons (Fsp3) is 0.312. The van der Waals surface area contributed by atoms with Crippen LogP contribution in [0.5, 0.6) is 0 Å². The minimum atomic E-state index is -1.47. The summed E-state index contributed by atoms with van der Waals surface area (Å²) in [6.45, 7) is 6.73. The molecule has 0 bridgehead atoms. The highest BCUT2D eigenvalue weighted by atomic mass is 19.2. The van der Waals surface area contributed by atoms with Gasteiger partial charge in [-0.1, -0.05) is 30.3 Å². The Balaban J connectivity index is 0.00000113. The van der Waals surface area contributed by atoms with Gasteiger partial charge in [0.2, 0.25) is 0 Å². The Morgan fingerprint density at radius 3 is 2.26 bits per heavy atom. The van der Waals surface area contributed by atoms with E-state index in [1.165, 1.54) is 6.07 Å². The number of hydrogen-bond acceptors (Lipinski definition) is 5. The molecule has 1 spiro atoms. The third-order valence-electron chi connectivity index (χ3n) is 8.02. The largest absolute Gasteiger partial charge is 0.441 e. The number of carbonyl (C=O) groups is 1. The van der Waals surface area contributed by atoms with Crippen LogP contribution < -0.4 is 4.90 Å². The number of aromatic nitrogens is 1. The van der Waals surface area contributed by atoms with E-state index < -0.39 is 23.1 Å². The van der Waals surface area contributed by atoms with Crippen molar-refractivity contribution in [2.24, 2.45) is 0 Å². The molecule has 0 unspecified atom stereocenters. The van der Waals surface area contributed by atoms with Crippen LogP contribution in [0.1, 0.15) is 38.3 Å². The van der Waals surface area contributed by atoms with Crippen LogP contribution in [0, 0.1) is 17.5 Å². The molecule has 10 heteroatoms. The summed E-state index contributed by atoms with van der Waals surface area (Å²) in [5.74, 6) is -3.85. The summed E-state index contributed by atoms with van der Waals surface area (Å²) in [7, 11) is 0. The molecule has 218 valence electrons. The highest BCUT2D eigenvalue weighted by Crippen LogP contribution is 2.39. The lowest BCUT2D eigenvalue weighted by molar-refractivity contribution is -0.191. The minimum Gasteiger partial charge on any atom is -0.441 e. The van der Waals surface area contributed by atoms with E-state index in [1.54, 1.807) is 11.0 Å². The monoisotopic (exact) mass is 577 g/mol. The van der Waals surface area contributed by atoms with Crippen molar-refractivity contribution in [2.45, 2.75) is 44.9 Å². The SMILES string of the molecule is CC(C)n1cc(CN2CCC3(CC2)CN(c2ccccc2)C(=O)O3)c2c(-c3ccc(F)c(F)c3F)cccc21.O=C=O. The van der Waals surface area contributed by atoms with Gasteiger partial charge in [0, 0.05) is 66.9 Å². The Morgan fingerprint density at radius 2 is 1.60 bits per heavy atom. The average molecular weight is 578 g/mol. The van der Waals surface area contributed by atoms with Gasteiger partial charge < -0.3 is 9.30 Å². The van der Waals surface area contributed by atoms with Crippen LogP contribution in [-0.2, 0) is 20.9 Å². The number of amides is 1. The number of benzene rings is 3. The Kier molecular flexibility index (Phi) is 8.20. The topological polar surface area (TPSA) is 71.8 Å². The Morgan fingerprint density at radius 1 is 0.905 bits per heavy atom. The molecule has 0 N–H and O–H groups in total. The zero-order chi connectivity index (χ0) is 30.0. The van der Waals surface area contributed by atoms with Gasteiger partial charge in [0.15, 0.2) is 17.5 Å². The number of ether oxygens (including phenoxy) is 1. The van der Waals surface area contributed by atoms with Crippen molar-refractivity contribution in [2.75, 3.05) is 24.5 Å². The summed E-state index contributed by atoms with van der Waals surface area (Å²) in [5.41, 5.74) is 2.80. The molecule has 7 nitrogen and oxygen atoms in total. The van der Waals surface area contributed by atoms with E-state index in [-0.39, 0.29) is 23.9 Å². The van der Waals surface area contributed by atoms with Gasteiger partial charge in [-0.3, -0.25) is 9.80 Å². The Bertz CT molecular complexity index is 1640. The van der Waals surface area contributed by atoms with Gasteiger partial charge in [-0.15, -0.1) is 0 Å². The molecule has 1 amide bonds. The molecular formula is C32H30F3N3O4. The average Bonchev–Trinajstić information content (AvgIpc) is 3.52. The number of nitrogens with zero attached hydrogens (tertiary/aromatic N) is 3. The van der Waals surface area contributed by atoms with E-state index in [4.69, 9.17) is 14.3 Å². The van der Waals surface area contributed by atoms with Crippen LogP contribution in [0.2, 0.25) is 0 Å². The minimum absolute atomic E-state index is 0.0405. The van der Waals surface area contributed by atoms with Gasteiger partial charge in [-0.2, -0.15) is 9.59 Å². The van der Waals surface area contributed by atoms with E-state index in [1.807, 2.05) is 42.5 Å². The van der Waals surface area contributed by atoms with E-state index in [0.717, 1.165) is 41.3 Å². The van der Waals surface area contributed by atoms with Crippen molar-refractivity contribution in [3.8, 4) is 11.1 Å². The van der Waals surface area contributed by atoms with Crippen molar-refractivity contribution in [1.29, 1.82) is 0 Å². The van der Waals surface area contributed by atoms with E-state index >= 15 is 0 Å². The standard InChI is InChI=1S/C31H30F3N3O2.CO2/c1-20(2)36-18-21(27-23(9-6-10-26(27)36)24-11-12-25(32)29(34)28(24)33)17-35-15-13-31(14-16-35)19-37(30(38)39-31)22-7-4-3-5-8-22;2-1-3/h3-12,18,20H,13-17,19H2,1-2H3;. The first-order valence-corrected chi connectivity index (χ1v) is 13.7. The lowest BCUT2D eigenvalue weighted by Gasteiger charge is -2.37. The van der Waals surface area contributed by atoms with Crippen molar-refractivity contribution in [3.05, 3.63) is 89.9 Å². The Labute approximate surface area is 241 Å². The smallest absolute Gasteiger partial charge is 0.415 e. The van der Waals surface area contributed by atoms with Crippen molar-refractivity contribution >= 4 is 28.8 Å². The predicted molar refractivity (Wildman–Crippen MR) is 150 cm³/mol. The summed E-state index contributed by atoms with van der Waals surface area (Å²) < 4.78 is 50.9. The molecule has 2 fully saturated rings. The number of hydrogen-bond donors (Lipinski definition) is 0. The number of fused-ring (bicyclic) bond motifs is 1. The van der Waals surface area contributed by atoms with Crippen LogP contribution in [0.3, 0.4) is 0 Å². The zero-order valence-electron chi connectivity index (χ0n) is 23.3. The first kappa shape index (κ1) is 29.1. The van der Waals surface area contributed by atoms with E-state index in [2.05, 4.69) is 29.5 Å². The van der Waals surface area contributed by atoms with Crippen LogP contribution in [0.25, 0.3) is 22.0 Å². The normalized spacial score (nSPS) is 16.4. The summed E-state index contributed by atoms with van der Waals surface area (Å²) in [6, 6.07) is 17.5. The molecule has 6 rings (SSSR count). The number of halogens is 3. The van der Waals surface area contributed by atoms with Gasteiger partial charge in [-0.05, 0) is 55.3 Å². The molecular weight excluding hydrogens is 547 g/mol. The first-order valence-electron chi connectivity index (χ1n) is 13.7. The maximum absolute atomic E-state index is 14.9. The number of para-hydroxylation sites is 1. The van der Waals surface area contributed by atoms with Gasteiger partial charge in [0.05, 0.1) is 6.54 Å². The third-order valence-corrected chi connectivity index (χ3v) is 8.02. The van der Waals surface area contributed by atoms with Gasteiger partial charge in [0.25, 0.3) is 0 Å². The first-order chi connectivity index (χ1) is 20.2.